The van der Waals surface area contributed by atoms with Crippen molar-refractivity contribution in [2.75, 3.05) is 26.3 Å². The Bertz CT molecular complexity index is 1310. The summed E-state index contributed by atoms with van der Waals surface area (Å²) in [6.07, 6.45) is 13.2. The van der Waals surface area contributed by atoms with E-state index in [1.165, 1.54) is 21.2 Å². The van der Waals surface area contributed by atoms with Gasteiger partial charge in [-0.05, 0) is 75.3 Å². The minimum atomic E-state index is 0.172. The van der Waals surface area contributed by atoms with Gasteiger partial charge >= 0.3 is 0 Å². The third-order valence-corrected chi connectivity index (χ3v) is 8.15. The van der Waals surface area contributed by atoms with Crippen LogP contribution in [0, 0.1) is 6.92 Å². The molecule has 5 rings (SSSR count). The minimum Gasteiger partial charge on any atom is -0.494 e. The number of nitrogens with one attached hydrogen (secondary N) is 1. The number of rotatable bonds is 12. The Balaban J connectivity index is 1.07. The summed E-state index contributed by atoms with van der Waals surface area (Å²) in [6.45, 7) is 5.56. The molecule has 0 bridgehead atoms. The van der Waals surface area contributed by atoms with E-state index in [0.717, 1.165) is 79.0 Å². The van der Waals surface area contributed by atoms with Gasteiger partial charge in [0.05, 0.1) is 21.8 Å². The van der Waals surface area contributed by atoms with Crippen LogP contribution >= 0.6 is 27.3 Å². The topological polar surface area (TPSA) is 50.4 Å². The number of aromatic nitrogens is 2. The van der Waals surface area contributed by atoms with Crippen molar-refractivity contribution < 1.29 is 9.47 Å². The summed E-state index contributed by atoms with van der Waals surface area (Å²) < 4.78 is 14.7. The first kappa shape index (κ1) is 25.5. The second kappa shape index (κ2) is 12.4. The Kier molecular flexibility index (Phi) is 8.75. The molecule has 5 nitrogen and oxygen atoms in total. The molecular formula is C29H34BrN3O2S. The first-order valence-electron chi connectivity index (χ1n) is 12.9. The van der Waals surface area contributed by atoms with Crippen LogP contribution in [0.1, 0.15) is 42.7 Å². The first-order valence-corrected chi connectivity index (χ1v) is 14.5. The van der Waals surface area contributed by atoms with Crippen LogP contribution in [-0.2, 0) is 11.2 Å². The molecule has 0 amide bonds. The van der Waals surface area contributed by atoms with Crippen molar-refractivity contribution in [2.45, 2.75) is 51.7 Å². The number of thiazole rings is 1. The zero-order valence-electron chi connectivity index (χ0n) is 20.8. The molecule has 1 aliphatic heterocycles. The van der Waals surface area contributed by atoms with E-state index in [1.807, 2.05) is 19.1 Å². The van der Waals surface area contributed by atoms with Crippen molar-refractivity contribution in [2.24, 2.45) is 0 Å². The van der Waals surface area contributed by atoms with Crippen LogP contribution in [0.3, 0.4) is 0 Å². The summed E-state index contributed by atoms with van der Waals surface area (Å²) in [5.74, 6) is 0.899. The maximum atomic E-state index is 6.43. The highest BCUT2D eigenvalue weighted by Crippen LogP contribution is 2.26. The number of nitrogens with zero attached hydrogens (tertiary/aromatic N) is 2. The molecule has 2 aromatic heterocycles. The quantitative estimate of drug-likeness (QED) is 0.141. The fraction of sp³-hybridized carbons (Fsp3) is 0.414. The fourth-order valence-corrected chi connectivity index (χ4v) is 6.02. The predicted octanol–water partition coefficient (Wildman–Crippen LogP) is 7.64. The summed E-state index contributed by atoms with van der Waals surface area (Å²) in [7, 11) is 0. The summed E-state index contributed by atoms with van der Waals surface area (Å²) in [6, 6.07) is 12.7. The number of hydrogen-bond donors (Lipinski definition) is 1. The highest BCUT2D eigenvalue weighted by atomic mass is 79.9. The van der Waals surface area contributed by atoms with Crippen LogP contribution in [-0.4, -0.2) is 47.4 Å². The van der Waals surface area contributed by atoms with Gasteiger partial charge in [0.2, 0.25) is 0 Å². The van der Waals surface area contributed by atoms with Crippen molar-refractivity contribution in [3.05, 3.63) is 69.8 Å². The third kappa shape index (κ3) is 6.57. The lowest BCUT2D eigenvalue weighted by Crippen LogP contribution is -2.39. The van der Waals surface area contributed by atoms with Gasteiger partial charge in [-0.3, -0.25) is 4.90 Å². The maximum Gasteiger partial charge on any atom is 0.121 e. The first-order chi connectivity index (χ1) is 17.7. The zero-order valence-corrected chi connectivity index (χ0v) is 23.2. The smallest absolute Gasteiger partial charge is 0.121 e. The van der Waals surface area contributed by atoms with Crippen LogP contribution in [0.4, 0.5) is 0 Å². The number of fused-ring (bicyclic) bond motifs is 2. The molecule has 3 heterocycles. The molecule has 1 unspecified atom stereocenters. The largest absolute Gasteiger partial charge is 0.494 e. The normalized spacial score (nSPS) is 15.2. The SMILES string of the molecule is Cc1nc2cc(OCCCCOC(CCCc3c[nH]c4cc(Br)ccc34)N3CC=CCC3)ccc2s1. The molecule has 0 saturated carbocycles. The van der Waals surface area contributed by atoms with Gasteiger partial charge in [0.1, 0.15) is 12.0 Å². The van der Waals surface area contributed by atoms with Crippen LogP contribution in [0.2, 0.25) is 0 Å². The lowest BCUT2D eigenvalue weighted by atomic mass is 10.1. The summed E-state index contributed by atoms with van der Waals surface area (Å²) in [5.41, 5.74) is 3.60. The van der Waals surface area contributed by atoms with E-state index in [-0.39, 0.29) is 6.23 Å². The second-order valence-electron chi connectivity index (χ2n) is 9.39. The standard InChI is InChI=1S/C29H34BrN3O2S/c1-21-32-27-19-24(11-13-28(27)36-21)34-16-5-6-17-35-29(33-14-3-2-4-15-33)9-7-8-22-20-31-26-18-23(30)10-12-25(22)26/h2-3,10-13,18-20,29,31H,4-9,14-17H2,1H3. The van der Waals surface area contributed by atoms with Crippen molar-refractivity contribution in [1.82, 2.24) is 14.9 Å². The highest BCUT2D eigenvalue weighted by molar-refractivity contribution is 9.10. The lowest BCUT2D eigenvalue weighted by molar-refractivity contribution is -0.0625. The number of aryl methyl sites for hydroxylation is 2. The predicted molar refractivity (Wildman–Crippen MR) is 153 cm³/mol. The number of unbranched alkanes of at least 4 members (excludes halogenated alkanes) is 1. The molecule has 1 atom stereocenters. The molecule has 0 fully saturated rings. The molecule has 0 spiro atoms. The Morgan fingerprint density at radius 1 is 1.11 bits per heavy atom. The molecule has 1 N–H and O–H groups in total. The molecule has 190 valence electrons. The fourth-order valence-electron chi connectivity index (χ4n) is 4.85. The monoisotopic (exact) mass is 567 g/mol. The molecule has 36 heavy (non-hydrogen) atoms. The molecule has 0 aliphatic carbocycles. The average molecular weight is 569 g/mol. The van der Waals surface area contributed by atoms with E-state index in [2.05, 4.69) is 73.4 Å². The van der Waals surface area contributed by atoms with Crippen molar-refractivity contribution in [3.8, 4) is 5.75 Å². The number of aromatic amines is 1. The van der Waals surface area contributed by atoms with Crippen molar-refractivity contribution in [3.63, 3.8) is 0 Å². The Morgan fingerprint density at radius 3 is 2.92 bits per heavy atom. The second-order valence-corrected chi connectivity index (χ2v) is 11.5. The lowest BCUT2D eigenvalue weighted by Gasteiger charge is -2.32. The van der Waals surface area contributed by atoms with E-state index < -0.39 is 0 Å². The summed E-state index contributed by atoms with van der Waals surface area (Å²) in [4.78, 5) is 10.4. The van der Waals surface area contributed by atoms with E-state index in [0.29, 0.717) is 6.61 Å². The van der Waals surface area contributed by atoms with Crippen LogP contribution in [0.15, 0.2) is 59.2 Å². The van der Waals surface area contributed by atoms with Gasteiger partial charge in [-0.25, -0.2) is 4.98 Å². The zero-order chi connectivity index (χ0) is 24.7. The van der Waals surface area contributed by atoms with Gasteiger partial charge in [0.25, 0.3) is 0 Å². The summed E-state index contributed by atoms with van der Waals surface area (Å²) >= 11 is 5.28. The van der Waals surface area contributed by atoms with E-state index in [9.17, 15) is 0 Å². The third-order valence-electron chi connectivity index (χ3n) is 6.71. The van der Waals surface area contributed by atoms with Gasteiger partial charge < -0.3 is 14.5 Å². The minimum absolute atomic E-state index is 0.172. The van der Waals surface area contributed by atoms with Gasteiger partial charge in [0.15, 0.2) is 0 Å². The van der Waals surface area contributed by atoms with E-state index in [4.69, 9.17) is 9.47 Å². The van der Waals surface area contributed by atoms with Crippen molar-refractivity contribution in [1.29, 1.82) is 0 Å². The molecule has 2 aromatic carbocycles. The molecule has 4 aromatic rings. The number of hydrogen-bond acceptors (Lipinski definition) is 5. The number of H-pyrrole nitrogens is 1. The van der Waals surface area contributed by atoms with E-state index >= 15 is 0 Å². The van der Waals surface area contributed by atoms with Gasteiger partial charge in [-0.15, -0.1) is 11.3 Å². The van der Waals surface area contributed by atoms with Crippen LogP contribution in [0.25, 0.3) is 21.1 Å². The maximum absolute atomic E-state index is 6.43. The molecule has 1 aliphatic rings. The van der Waals surface area contributed by atoms with E-state index in [1.54, 1.807) is 11.3 Å². The number of ether oxygens (including phenoxy) is 2. The van der Waals surface area contributed by atoms with Gasteiger partial charge in [0, 0.05) is 47.3 Å². The Labute approximate surface area is 225 Å². The van der Waals surface area contributed by atoms with Gasteiger partial charge in [-0.1, -0.05) is 34.1 Å². The average Bonchev–Trinajstić information content (AvgIpc) is 3.46. The Hall–Kier alpha value is -2.19. The molecular weight excluding hydrogens is 534 g/mol. The molecule has 0 saturated heterocycles. The van der Waals surface area contributed by atoms with Crippen LogP contribution < -0.4 is 4.74 Å². The van der Waals surface area contributed by atoms with Crippen LogP contribution in [0.5, 0.6) is 5.75 Å². The van der Waals surface area contributed by atoms with Gasteiger partial charge in [-0.2, -0.15) is 0 Å². The Morgan fingerprint density at radius 2 is 2.03 bits per heavy atom. The number of halogens is 1. The highest BCUT2D eigenvalue weighted by Gasteiger charge is 2.19. The molecule has 0 radical (unpaired) electrons. The molecule has 7 heteroatoms. The summed E-state index contributed by atoms with van der Waals surface area (Å²) in [5, 5.41) is 2.41. The number of benzene rings is 2. The van der Waals surface area contributed by atoms with Crippen molar-refractivity contribution >= 4 is 48.4 Å².